The molecule has 2 aromatic heterocycles. The number of fused-ring (bicyclic) bond motifs is 1. The molecule has 8 heteroatoms. The van der Waals surface area contributed by atoms with Crippen molar-refractivity contribution in [2.75, 3.05) is 20.8 Å². The lowest BCUT2D eigenvalue weighted by Crippen LogP contribution is -2.41. The summed E-state index contributed by atoms with van der Waals surface area (Å²) >= 11 is 0. The number of aromatic nitrogens is 4. The van der Waals surface area contributed by atoms with Crippen LogP contribution in [-0.2, 0) is 23.2 Å². The minimum atomic E-state index is -0.470. The Labute approximate surface area is 198 Å². The summed E-state index contributed by atoms with van der Waals surface area (Å²) in [6, 6.07) is 15.5. The summed E-state index contributed by atoms with van der Waals surface area (Å²) in [6.07, 6.45) is 1.61. The Morgan fingerprint density at radius 3 is 2.38 bits per heavy atom. The van der Waals surface area contributed by atoms with Crippen molar-refractivity contribution in [3.8, 4) is 11.4 Å². The first kappa shape index (κ1) is 23.5. The maximum atomic E-state index is 13.4. The van der Waals surface area contributed by atoms with Crippen molar-refractivity contribution >= 4 is 11.2 Å². The van der Waals surface area contributed by atoms with Gasteiger partial charge in [-0.2, -0.15) is 0 Å². The summed E-state index contributed by atoms with van der Waals surface area (Å²) in [5.74, 6) is 0.602. The summed E-state index contributed by atoms with van der Waals surface area (Å²) in [7, 11) is 3.10. The number of ether oxygens (including phenoxy) is 2. The molecule has 0 unspecified atom stereocenters. The van der Waals surface area contributed by atoms with Crippen LogP contribution < -0.4 is 16.0 Å². The highest BCUT2D eigenvalue weighted by Gasteiger charge is 2.20. The number of hydrogen-bond acceptors (Lipinski definition) is 5. The van der Waals surface area contributed by atoms with Crippen molar-refractivity contribution in [1.82, 2.24) is 18.7 Å². The van der Waals surface area contributed by atoms with Gasteiger partial charge in [-0.15, -0.1) is 0 Å². The van der Waals surface area contributed by atoms with Gasteiger partial charge < -0.3 is 14.0 Å². The molecule has 0 aliphatic heterocycles. The number of rotatable bonds is 7. The zero-order chi connectivity index (χ0) is 24.5. The molecule has 0 radical (unpaired) electrons. The van der Waals surface area contributed by atoms with Gasteiger partial charge in [-0.1, -0.05) is 51.1 Å². The summed E-state index contributed by atoms with van der Waals surface area (Å²) in [5, 5.41) is 0. The Balaban J connectivity index is 1.89. The van der Waals surface area contributed by atoms with E-state index in [9.17, 15) is 9.59 Å². The van der Waals surface area contributed by atoms with Gasteiger partial charge in [-0.05, 0) is 28.7 Å². The van der Waals surface area contributed by atoms with Gasteiger partial charge in [0, 0.05) is 19.7 Å². The standard InChI is InChI=1S/C26H30N4O4/c1-26(2,3)19-11-9-18(10-12-19)16-28-17-27-23-22(28)24(31)29(13-14-33-4)25(32)30(23)20-7-6-8-21(15-20)34-5/h6-12,15,17H,13-14,16H2,1-5H3. The van der Waals surface area contributed by atoms with E-state index in [2.05, 4.69) is 50.0 Å². The lowest BCUT2D eigenvalue weighted by molar-refractivity contribution is 0.184. The molecule has 0 aliphatic carbocycles. The van der Waals surface area contributed by atoms with Crippen molar-refractivity contribution in [3.63, 3.8) is 0 Å². The summed E-state index contributed by atoms with van der Waals surface area (Å²) in [5.41, 5.74) is 2.71. The molecule has 0 spiro atoms. The second-order valence-electron chi connectivity index (χ2n) is 9.26. The third-order valence-electron chi connectivity index (χ3n) is 5.90. The van der Waals surface area contributed by atoms with Crippen LogP contribution in [-0.4, -0.2) is 39.5 Å². The number of hydrogen-bond donors (Lipinski definition) is 0. The van der Waals surface area contributed by atoms with Gasteiger partial charge in [0.1, 0.15) is 5.75 Å². The van der Waals surface area contributed by atoms with Gasteiger partial charge in [-0.25, -0.2) is 14.3 Å². The second kappa shape index (κ2) is 9.30. The number of methoxy groups -OCH3 is 2. The van der Waals surface area contributed by atoms with Gasteiger partial charge in [0.15, 0.2) is 11.2 Å². The maximum absolute atomic E-state index is 13.4. The lowest BCUT2D eigenvalue weighted by atomic mass is 9.87. The predicted octanol–water partition coefficient (Wildman–Crippen LogP) is 3.35. The van der Waals surface area contributed by atoms with Gasteiger partial charge in [0.25, 0.3) is 5.56 Å². The normalized spacial score (nSPS) is 11.8. The Hall–Kier alpha value is -3.65. The van der Waals surface area contributed by atoms with Crippen LogP contribution in [0.1, 0.15) is 31.9 Å². The SMILES string of the molecule is COCCn1c(=O)c2c(ncn2Cc2ccc(C(C)(C)C)cc2)n(-c2cccc(OC)c2)c1=O. The number of imidazole rings is 1. The monoisotopic (exact) mass is 462 g/mol. The van der Waals surface area contributed by atoms with Crippen LogP contribution in [0.25, 0.3) is 16.9 Å². The van der Waals surface area contributed by atoms with Crippen LogP contribution in [0, 0.1) is 0 Å². The van der Waals surface area contributed by atoms with Crippen LogP contribution in [0.2, 0.25) is 0 Å². The van der Waals surface area contributed by atoms with E-state index in [0.717, 1.165) is 5.56 Å². The predicted molar refractivity (Wildman–Crippen MR) is 132 cm³/mol. The van der Waals surface area contributed by atoms with Crippen molar-refractivity contribution in [1.29, 1.82) is 0 Å². The van der Waals surface area contributed by atoms with E-state index in [1.165, 1.54) is 21.8 Å². The van der Waals surface area contributed by atoms with Crippen LogP contribution in [0.4, 0.5) is 0 Å². The molecule has 0 atom stereocenters. The largest absolute Gasteiger partial charge is 0.497 e. The fourth-order valence-electron chi connectivity index (χ4n) is 3.97. The molecule has 0 bridgehead atoms. The number of benzene rings is 2. The van der Waals surface area contributed by atoms with Crippen molar-refractivity contribution in [2.45, 2.75) is 39.3 Å². The third-order valence-corrected chi connectivity index (χ3v) is 5.90. The molecule has 34 heavy (non-hydrogen) atoms. The van der Waals surface area contributed by atoms with Crippen LogP contribution >= 0.6 is 0 Å². The van der Waals surface area contributed by atoms with Crippen LogP contribution in [0.15, 0.2) is 64.4 Å². The van der Waals surface area contributed by atoms with Crippen LogP contribution in [0.3, 0.4) is 0 Å². The highest BCUT2D eigenvalue weighted by atomic mass is 16.5. The van der Waals surface area contributed by atoms with Crippen LogP contribution in [0.5, 0.6) is 5.75 Å². The highest BCUT2D eigenvalue weighted by molar-refractivity contribution is 5.72. The molecule has 2 heterocycles. The second-order valence-corrected chi connectivity index (χ2v) is 9.26. The Bertz CT molecular complexity index is 1420. The van der Waals surface area contributed by atoms with Crippen molar-refractivity contribution in [2.24, 2.45) is 0 Å². The first-order valence-electron chi connectivity index (χ1n) is 11.2. The quantitative estimate of drug-likeness (QED) is 0.421. The summed E-state index contributed by atoms with van der Waals surface area (Å²) in [4.78, 5) is 31.3. The van der Waals surface area contributed by atoms with Gasteiger partial charge in [-0.3, -0.25) is 9.36 Å². The molecule has 0 N–H and O–H groups in total. The third kappa shape index (κ3) is 4.41. The zero-order valence-corrected chi connectivity index (χ0v) is 20.2. The van der Waals surface area contributed by atoms with E-state index in [1.54, 1.807) is 42.3 Å². The van der Waals surface area contributed by atoms with E-state index < -0.39 is 5.69 Å². The molecule has 8 nitrogen and oxygen atoms in total. The van der Waals surface area contributed by atoms with Gasteiger partial charge in [0.2, 0.25) is 0 Å². The molecule has 0 aliphatic rings. The van der Waals surface area contributed by atoms with Gasteiger partial charge >= 0.3 is 5.69 Å². The Morgan fingerprint density at radius 2 is 1.74 bits per heavy atom. The molecule has 0 fully saturated rings. The minimum absolute atomic E-state index is 0.0577. The molecule has 0 saturated heterocycles. The molecular formula is C26H30N4O4. The van der Waals surface area contributed by atoms with E-state index in [-0.39, 0.29) is 24.1 Å². The highest BCUT2D eigenvalue weighted by Crippen LogP contribution is 2.23. The molecule has 4 rings (SSSR count). The minimum Gasteiger partial charge on any atom is -0.497 e. The van der Waals surface area contributed by atoms with E-state index >= 15 is 0 Å². The molecular weight excluding hydrogens is 432 g/mol. The van der Waals surface area contributed by atoms with E-state index in [0.29, 0.717) is 29.1 Å². The fourth-order valence-corrected chi connectivity index (χ4v) is 3.97. The topological polar surface area (TPSA) is 80.3 Å². The molecule has 4 aromatic rings. The first-order chi connectivity index (χ1) is 16.2. The molecule has 0 amide bonds. The summed E-state index contributed by atoms with van der Waals surface area (Å²) < 4.78 is 14.9. The van der Waals surface area contributed by atoms with Gasteiger partial charge in [0.05, 0.1) is 32.3 Å². The van der Waals surface area contributed by atoms with E-state index in [4.69, 9.17) is 9.47 Å². The van der Waals surface area contributed by atoms with Crippen molar-refractivity contribution in [3.05, 3.63) is 86.8 Å². The summed E-state index contributed by atoms with van der Waals surface area (Å²) in [6.45, 7) is 7.35. The average Bonchev–Trinajstić information content (AvgIpc) is 3.22. The maximum Gasteiger partial charge on any atom is 0.337 e. The Kier molecular flexibility index (Phi) is 6.43. The average molecular weight is 463 g/mol. The molecule has 178 valence electrons. The number of nitrogens with zero attached hydrogens (tertiary/aromatic N) is 4. The smallest absolute Gasteiger partial charge is 0.337 e. The van der Waals surface area contributed by atoms with Crippen molar-refractivity contribution < 1.29 is 9.47 Å². The molecule has 2 aromatic carbocycles. The molecule has 0 saturated carbocycles. The fraction of sp³-hybridized carbons (Fsp3) is 0.346. The zero-order valence-electron chi connectivity index (χ0n) is 20.2. The lowest BCUT2D eigenvalue weighted by Gasteiger charge is -2.19. The van der Waals surface area contributed by atoms with E-state index in [1.807, 2.05) is 0 Å². The first-order valence-corrected chi connectivity index (χ1v) is 11.2. The Morgan fingerprint density at radius 1 is 1.00 bits per heavy atom.